The van der Waals surface area contributed by atoms with Crippen molar-refractivity contribution in [1.82, 2.24) is 4.90 Å². The van der Waals surface area contributed by atoms with Gasteiger partial charge in [-0.05, 0) is 43.0 Å². The molecule has 0 bridgehead atoms. The van der Waals surface area contributed by atoms with Crippen LogP contribution in [0.15, 0.2) is 35.9 Å². The average molecular weight is 390 g/mol. The molecule has 2 rings (SSSR count). The zero-order valence-corrected chi connectivity index (χ0v) is 18.4. The van der Waals surface area contributed by atoms with Gasteiger partial charge in [-0.25, -0.2) is 4.79 Å². The Labute approximate surface area is 165 Å². The minimum atomic E-state index is -1.19. The van der Waals surface area contributed by atoms with E-state index in [1.54, 1.807) is 13.2 Å². The van der Waals surface area contributed by atoms with Crippen LogP contribution in [0.25, 0.3) is 0 Å². The molecule has 0 N–H and O–H groups in total. The lowest BCUT2D eigenvalue weighted by Gasteiger charge is -2.28. The van der Waals surface area contributed by atoms with Gasteiger partial charge in [0.05, 0.1) is 21.4 Å². The molecule has 0 atom stereocenters. The van der Waals surface area contributed by atoms with Gasteiger partial charge in [0, 0.05) is 26.2 Å². The Morgan fingerprint density at radius 2 is 1.89 bits per heavy atom. The van der Waals surface area contributed by atoms with Gasteiger partial charge in [-0.2, -0.15) is 0 Å². The summed E-state index contributed by atoms with van der Waals surface area (Å²) in [6, 6.07) is 8.57. The van der Waals surface area contributed by atoms with Crippen molar-refractivity contribution in [3.63, 3.8) is 0 Å². The number of hydrogen-bond acceptors (Lipinski definition) is 4. The molecule has 4 nitrogen and oxygen atoms in total. The molecular formula is C22H35NO3Si. The smallest absolute Gasteiger partial charge is 0.330 e. The van der Waals surface area contributed by atoms with Crippen molar-refractivity contribution < 1.29 is 14.3 Å². The van der Waals surface area contributed by atoms with E-state index >= 15 is 0 Å². The highest BCUT2D eigenvalue weighted by atomic mass is 28.3. The third kappa shape index (κ3) is 8.87. The minimum Gasteiger partial charge on any atom is -0.462 e. The molecule has 0 spiro atoms. The number of nitrogens with zero attached hydrogens (tertiary/aromatic N) is 1. The summed E-state index contributed by atoms with van der Waals surface area (Å²) in [5, 5.41) is 0. The highest BCUT2D eigenvalue weighted by molar-refractivity contribution is 6.76. The normalized spacial score (nSPS) is 14.6. The Morgan fingerprint density at radius 1 is 1.19 bits per heavy atom. The first-order valence-electron chi connectivity index (χ1n) is 10.0. The molecule has 27 heavy (non-hydrogen) atoms. The summed E-state index contributed by atoms with van der Waals surface area (Å²) < 4.78 is 10.8. The van der Waals surface area contributed by atoms with Crippen LogP contribution in [0.2, 0.25) is 19.6 Å². The number of allylic oxidation sites excluding steroid dienone is 1. The molecule has 1 aromatic carbocycles. The molecule has 0 aromatic heterocycles. The van der Waals surface area contributed by atoms with E-state index in [1.807, 2.05) is 0 Å². The van der Waals surface area contributed by atoms with Crippen LogP contribution in [-0.2, 0) is 27.2 Å². The summed E-state index contributed by atoms with van der Waals surface area (Å²) in [5.41, 5.74) is 3.73. The van der Waals surface area contributed by atoms with Gasteiger partial charge in [0.1, 0.15) is 0 Å². The van der Waals surface area contributed by atoms with Crippen molar-refractivity contribution in [3.8, 4) is 0 Å². The van der Waals surface area contributed by atoms with Crippen molar-refractivity contribution in [2.45, 2.75) is 58.3 Å². The summed E-state index contributed by atoms with van der Waals surface area (Å²) in [6.45, 7) is 9.10. The maximum absolute atomic E-state index is 11.9. The van der Waals surface area contributed by atoms with E-state index in [-0.39, 0.29) is 5.97 Å². The molecule has 150 valence electrons. The van der Waals surface area contributed by atoms with E-state index in [2.05, 4.69) is 48.8 Å². The van der Waals surface area contributed by atoms with Crippen molar-refractivity contribution in [3.05, 3.63) is 47.0 Å². The van der Waals surface area contributed by atoms with Gasteiger partial charge < -0.3 is 9.47 Å². The van der Waals surface area contributed by atoms with Crippen LogP contribution in [-0.4, -0.2) is 45.6 Å². The lowest BCUT2D eigenvalue weighted by Crippen LogP contribution is -2.40. The molecule has 0 amide bonds. The molecule has 1 aliphatic carbocycles. The van der Waals surface area contributed by atoms with Crippen LogP contribution < -0.4 is 0 Å². The predicted molar refractivity (Wildman–Crippen MR) is 113 cm³/mol. The summed E-state index contributed by atoms with van der Waals surface area (Å²) >= 11 is 0. The summed E-state index contributed by atoms with van der Waals surface area (Å²) in [7, 11) is 0.562. The Bertz CT molecular complexity index is 629. The third-order valence-corrected chi connectivity index (χ3v) is 6.01. The van der Waals surface area contributed by atoms with Crippen LogP contribution in [0, 0.1) is 0 Å². The summed E-state index contributed by atoms with van der Waals surface area (Å²) in [5.74, 6) is -0.190. The third-order valence-electron chi connectivity index (χ3n) is 4.61. The molecular weight excluding hydrogens is 354 g/mol. The molecule has 0 heterocycles. The summed E-state index contributed by atoms with van der Waals surface area (Å²) in [4.78, 5) is 14.3. The highest BCUT2D eigenvalue weighted by Gasteiger charge is 2.18. The van der Waals surface area contributed by atoms with Gasteiger partial charge in [0.15, 0.2) is 0 Å². The first-order valence-corrected chi connectivity index (χ1v) is 13.7. The van der Waals surface area contributed by atoms with Gasteiger partial charge in [-0.3, -0.25) is 4.90 Å². The Hall–Kier alpha value is -1.43. The second-order valence-corrected chi connectivity index (χ2v) is 14.2. The fraction of sp³-hybridized carbons (Fsp3) is 0.591. The maximum Gasteiger partial charge on any atom is 0.330 e. The van der Waals surface area contributed by atoms with E-state index < -0.39 is 8.07 Å². The molecule has 1 fully saturated rings. The van der Waals surface area contributed by atoms with E-state index in [4.69, 9.17) is 9.47 Å². The monoisotopic (exact) mass is 389 g/mol. The standard InChI is InChI=1S/C22H35NO3Si/c1-25-17-23(18-27(2,3)4)16-21-11-7-10-20(14-21)12-13-26-22(24)15-19-8-5-6-9-19/h7,10-11,14-15H,5-6,8-9,12-13,16-18H2,1-4H3. The predicted octanol–water partition coefficient (Wildman–Crippen LogP) is 4.56. The molecule has 0 unspecified atom stereocenters. The number of esters is 1. The molecule has 5 heteroatoms. The topological polar surface area (TPSA) is 38.8 Å². The van der Waals surface area contributed by atoms with Gasteiger partial charge in [0.2, 0.25) is 0 Å². The van der Waals surface area contributed by atoms with Gasteiger partial charge in [0.25, 0.3) is 0 Å². The quantitative estimate of drug-likeness (QED) is 0.255. The van der Waals surface area contributed by atoms with Crippen molar-refractivity contribution in [2.24, 2.45) is 0 Å². The Morgan fingerprint density at radius 3 is 2.56 bits per heavy atom. The zero-order valence-electron chi connectivity index (χ0n) is 17.4. The van der Waals surface area contributed by atoms with Gasteiger partial charge >= 0.3 is 5.97 Å². The second-order valence-electron chi connectivity index (χ2n) is 8.71. The van der Waals surface area contributed by atoms with Crippen molar-refractivity contribution in [2.75, 3.05) is 26.6 Å². The Balaban J connectivity index is 1.84. The van der Waals surface area contributed by atoms with E-state index in [0.29, 0.717) is 13.3 Å². The van der Waals surface area contributed by atoms with E-state index in [0.717, 1.165) is 32.0 Å². The maximum atomic E-state index is 11.9. The minimum absolute atomic E-state index is 0.190. The average Bonchev–Trinajstić information content (AvgIpc) is 3.07. The van der Waals surface area contributed by atoms with Crippen LogP contribution in [0.1, 0.15) is 36.8 Å². The number of carbonyl (C=O) groups is 1. The molecule has 1 saturated carbocycles. The lowest BCUT2D eigenvalue weighted by atomic mass is 10.1. The van der Waals surface area contributed by atoms with Crippen LogP contribution in [0.4, 0.5) is 0 Å². The number of ether oxygens (including phenoxy) is 2. The second kappa shape index (κ2) is 10.8. The lowest BCUT2D eigenvalue weighted by molar-refractivity contribution is -0.137. The number of methoxy groups -OCH3 is 1. The zero-order chi connectivity index (χ0) is 19.7. The van der Waals surface area contributed by atoms with E-state index in [9.17, 15) is 4.79 Å². The molecule has 1 aromatic rings. The first kappa shape index (κ1) is 21.9. The molecule has 1 aliphatic rings. The number of carbonyl (C=O) groups excluding carboxylic acids is 1. The number of rotatable bonds is 10. The molecule has 0 aliphatic heterocycles. The number of hydrogen-bond donors (Lipinski definition) is 0. The van der Waals surface area contributed by atoms with Crippen molar-refractivity contribution in [1.29, 1.82) is 0 Å². The van der Waals surface area contributed by atoms with Gasteiger partial charge in [-0.1, -0.05) is 49.5 Å². The van der Waals surface area contributed by atoms with Crippen molar-refractivity contribution >= 4 is 14.0 Å². The van der Waals surface area contributed by atoms with Crippen LogP contribution in [0.3, 0.4) is 0 Å². The van der Waals surface area contributed by atoms with Gasteiger partial charge in [-0.15, -0.1) is 0 Å². The molecule has 0 saturated heterocycles. The summed E-state index contributed by atoms with van der Waals surface area (Å²) in [6.07, 6.45) is 8.05. The van der Waals surface area contributed by atoms with Crippen LogP contribution in [0.5, 0.6) is 0 Å². The molecule has 0 radical (unpaired) electrons. The SMILES string of the molecule is COCN(Cc1cccc(CCOC(=O)C=C2CCCC2)c1)C[Si](C)(C)C. The largest absolute Gasteiger partial charge is 0.462 e. The fourth-order valence-corrected chi connectivity index (χ4v) is 5.14. The highest BCUT2D eigenvalue weighted by Crippen LogP contribution is 2.23. The number of benzene rings is 1. The first-order chi connectivity index (χ1) is 12.9. The van der Waals surface area contributed by atoms with Crippen LogP contribution >= 0.6 is 0 Å². The van der Waals surface area contributed by atoms with E-state index in [1.165, 1.54) is 29.5 Å². The Kier molecular flexibility index (Phi) is 8.73. The fourth-order valence-electron chi connectivity index (χ4n) is 3.59.